The SMILES string of the molecule is O=CCC=Cc1ccc(-c2ccn[nH]2)cc1. The maximum absolute atomic E-state index is 10.1. The lowest BCUT2D eigenvalue weighted by atomic mass is 10.1. The van der Waals surface area contributed by atoms with Crippen LogP contribution < -0.4 is 0 Å². The van der Waals surface area contributed by atoms with Crippen LogP contribution >= 0.6 is 0 Å². The van der Waals surface area contributed by atoms with Crippen LogP contribution in [0.2, 0.25) is 0 Å². The van der Waals surface area contributed by atoms with E-state index in [1.807, 2.05) is 42.5 Å². The van der Waals surface area contributed by atoms with Crippen molar-refractivity contribution >= 4 is 12.4 Å². The van der Waals surface area contributed by atoms with Gasteiger partial charge in [-0.15, -0.1) is 0 Å². The molecule has 16 heavy (non-hydrogen) atoms. The number of hydrogen-bond acceptors (Lipinski definition) is 2. The summed E-state index contributed by atoms with van der Waals surface area (Å²) in [5.41, 5.74) is 3.19. The van der Waals surface area contributed by atoms with Crippen molar-refractivity contribution in [2.45, 2.75) is 6.42 Å². The zero-order valence-corrected chi connectivity index (χ0v) is 8.76. The Hall–Kier alpha value is -2.16. The zero-order chi connectivity index (χ0) is 11.2. The number of carbonyl (C=O) groups excluding carboxylic acids is 1. The number of rotatable bonds is 4. The molecule has 0 aliphatic heterocycles. The molecule has 0 unspecified atom stereocenters. The van der Waals surface area contributed by atoms with E-state index in [2.05, 4.69) is 10.2 Å². The summed E-state index contributed by atoms with van der Waals surface area (Å²) in [4.78, 5) is 10.1. The highest BCUT2D eigenvalue weighted by Gasteiger charge is 1.96. The number of nitrogens with zero attached hydrogens (tertiary/aromatic N) is 1. The Morgan fingerprint density at radius 1 is 1.19 bits per heavy atom. The summed E-state index contributed by atoms with van der Waals surface area (Å²) in [6.07, 6.45) is 6.86. The van der Waals surface area contributed by atoms with Crippen LogP contribution in [0.25, 0.3) is 17.3 Å². The van der Waals surface area contributed by atoms with Crippen molar-refractivity contribution < 1.29 is 4.79 Å². The number of aldehydes is 1. The highest BCUT2D eigenvalue weighted by molar-refractivity contribution is 5.63. The van der Waals surface area contributed by atoms with Gasteiger partial charge in [-0.25, -0.2) is 0 Å². The van der Waals surface area contributed by atoms with Gasteiger partial charge in [-0.2, -0.15) is 5.10 Å². The Bertz CT molecular complexity index is 469. The fourth-order valence-electron chi connectivity index (χ4n) is 1.45. The van der Waals surface area contributed by atoms with Crippen molar-refractivity contribution in [3.05, 3.63) is 48.2 Å². The lowest BCUT2D eigenvalue weighted by Crippen LogP contribution is -1.78. The largest absolute Gasteiger partial charge is 0.303 e. The highest BCUT2D eigenvalue weighted by atomic mass is 16.1. The van der Waals surface area contributed by atoms with E-state index < -0.39 is 0 Å². The number of carbonyl (C=O) groups is 1. The summed E-state index contributed by atoms with van der Waals surface area (Å²) < 4.78 is 0. The van der Waals surface area contributed by atoms with E-state index in [-0.39, 0.29) is 0 Å². The monoisotopic (exact) mass is 212 g/mol. The van der Waals surface area contributed by atoms with E-state index in [9.17, 15) is 4.79 Å². The molecule has 0 saturated heterocycles. The molecule has 0 aliphatic rings. The van der Waals surface area contributed by atoms with E-state index in [1.54, 1.807) is 6.20 Å². The van der Waals surface area contributed by atoms with Crippen LogP contribution in [0.15, 0.2) is 42.6 Å². The van der Waals surface area contributed by atoms with Gasteiger partial charge in [0.15, 0.2) is 0 Å². The maximum Gasteiger partial charge on any atom is 0.123 e. The quantitative estimate of drug-likeness (QED) is 0.792. The first-order valence-electron chi connectivity index (χ1n) is 5.10. The predicted molar refractivity (Wildman–Crippen MR) is 63.7 cm³/mol. The molecule has 1 aromatic heterocycles. The van der Waals surface area contributed by atoms with Crippen LogP contribution in [0.5, 0.6) is 0 Å². The number of H-pyrrole nitrogens is 1. The third-order valence-corrected chi connectivity index (χ3v) is 2.27. The van der Waals surface area contributed by atoms with Crippen molar-refractivity contribution in [3.63, 3.8) is 0 Å². The van der Waals surface area contributed by atoms with Gasteiger partial charge in [-0.1, -0.05) is 36.4 Å². The molecule has 1 N–H and O–H groups in total. The number of benzene rings is 1. The number of nitrogens with one attached hydrogen (secondary N) is 1. The van der Waals surface area contributed by atoms with E-state index in [4.69, 9.17) is 0 Å². The summed E-state index contributed by atoms with van der Waals surface area (Å²) in [6, 6.07) is 9.99. The number of hydrogen-bond donors (Lipinski definition) is 1. The molecule has 2 aromatic rings. The van der Waals surface area contributed by atoms with Crippen molar-refractivity contribution in [1.29, 1.82) is 0 Å². The predicted octanol–water partition coefficient (Wildman–Crippen LogP) is 2.68. The van der Waals surface area contributed by atoms with Crippen molar-refractivity contribution in [1.82, 2.24) is 10.2 Å². The lowest BCUT2D eigenvalue weighted by Gasteiger charge is -1.98. The van der Waals surface area contributed by atoms with Gasteiger partial charge in [0.2, 0.25) is 0 Å². The molecule has 0 fully saturated rings. The minimum absolute atomic E-state index is 0.461. The standard InChI is InChI=1S/C13H12N2O/c16-10-2-1-3-11-4-6-12(7-5-11)13-8-9-14-15-13/h1,3-10H,2H2,(H,14,15). The van der Waals surface area contributed by atoms with E-state index in [1.165, 1.54) is 0 Å². The molecule has 1 heterocycles. The average molecular weight is 212 g/mol. The second kappa shape index (κ2) is 5.07. The third kappa shape index (κ3) is 2.45. The minimum Gasteiger partial charge on any atom is -0.303 e. The van der Waals surface area contributed by atoms with Crippen LogP contribution in [-0.2, 0) is 4.79 Å². The second-order valence-electron chi connectivity index (χ2n) is 3.40. The fourth-order valence-corrected chi connectivity index (χ4v) is 1.45. The van der Waals surface area contributed by atoms with E-state index in [0.717, 1.165) is 23.1 Å². The van der Waals surface area contributed by atoms with Gasteiger partial charge < -0.3 is 4.79 Å². The molecule has 0 atom stereocenters. The number of aromatic amines is 1. The summed E-state index contributed by atoms with van der Waals surface area (Å²) in [5, 5.41) is 6.81. The average Bonchev–Trinajstić information content (AvgIpc) is 2.84. The molecule has 0 aliphatic carbocycles. The summed E-state index contributed by atoms with van der Waals surface area (Å²) in [6.45, 7) is 0. The highest BCUT2D eigenvalue weighted by Crippen LogP contribution is 2.17. The molecule has 1 aromatic carbocycles. The van der Waals surface area contributed by atoms with Gasteiger partial charge >= 0.3 is 0 Å². The van der Waals surface area contributed by atoms with Crippen molar-refractivity contribution in [2.24, 2.45) is 0 Å². The first-order valence-corrected chi connectivity index (χ1v) is 5.10. The normalized spacial score (nSPS) is 10.8. The molecule has 0 spiro atoms. The molecular formula is C13H12N2O. The summed E-state index contributed by atoms with van der Waals surface area (Å²) in [7, 11) is 0. The first-order chi connectivity index (χ1) is 7.90. The van der Waals surface area contributed by atoms with Gasteiger partial charge in [-0.3, -0.25) is 5.10 Å². The minimum atomic E-state index is 0.461. The van der Waals surface area contributed by atoms with Gasteiger partial charge in [0, 0.05) is 12.6 Å². The van der Waals surface area contributed by atoms with Gasteiger partial charge in [0.25, 0.3) is 0 Å². The molecular weight excluding hydrogens is 200 g/mol. The van der Waals surface area contributed by atoms with Gasteiger partial charge in [0.1, 0.15) is 6.29 Å². The summed E-state index contributed by atoms with van der Waals surface area (Å²) in [5.74, 6) is 0. The molecule has 3 nitrogen and oxygen atoms in total. The Morgan fingerprint density at radius 3 is 2.62 bits per heavy atom. The second-order valence-corrected chi connectivity index (χ2v) is 3.40. The zero-order valence-electron chi connectivity index (χ0n) is 8.76. The topological polar surface area (TPSA) is 45.8 Å². The molecule has 0 saturated carbocycles. The Labute approximate surface area is 93.8 Å². The molecule has 80 valence electrons. The van der Waals surface area contributed by atoms with Gasteiger partial charge in [-0.05, 0) is 17.2 Å². The Morgan fingerprint density at radius 2 is 2.00 bits per heavy atom. The lowest BCUT2D eigenvalue weighted by molar-refractivity contribution is -0.107. The number of aromatic nitrogens is 2. The smallest absolute Gasteiger partial charge is 0.123 e. The maximum atomic E-state index is 10.1. The van der Waals surface area contributed by atoms with Crippen molar-refractivity contribution in [3.8, 4) is 11.3 Å². The Balaban J connectivity index is 2.13. The van der Waals surface area contributed by atoms with Crippen LogP contribution in [0.3, 0.4) is 0 Å². The fraction of sp³-hybridized carbons (Fsp3) is 0.0769. The molecule has 0 radical (unpaired) electrons. The number of allylic oxidation sites excluding steroid dienone is 1. The van der Waals surface area contributed by atoms with E-state index in [0.29, 0.717) is 6.42 Å². The first kappa shape index (κ1) is 10.4. The molecule has 0 bridgehead atoms. The van der Waals surface area contributed by atoms with Crippen LogP contribution in [0, 0.1) is 0 Å². The van der Waals surface area contributed by atoms with Crippen LogP contribution in [0.1, 0.15) is 12.0 Å². The molecule has 2 rings (SSSR count). The molecule has 3 heteroatoms. The van der Waals surface area contributed by atoms with Crippen LogP contribution in [0.4, 0.5) is 0 Å². The Kier molecular flexibility index (Phi) is 3.28. The van der Waals surface area contributed by atoms with Gasteiger partial charge in [0.05, 0.1) is 5.69 Å². The van der Waals surface area contributed by atoms with E-state index >= 15 is 0 Å². The third-order valence-electron chi connectivity index (χ3n) is 2.27. The van der Waals surface area contributed by atoms with Crippen LogP contribution in [-0.4, -0.2) is 16.5 Å². The van der Waals surface area contributed by atoms with Crippen molar-refractivity contribution in [2.75, 3.05) is 0 Å². The summed E-state index contributed by atoms with van der Waals surface area (Å²) >= 11 is 0. The molecule has 0 amide bonds.